The largest absolute Gasteiger partial charge is 0.493 e. The first-order valence-electron chi connectivity index (χ1n) is 11.3. The van der Waals surface area contributed by atoms with Crippen LogP contribution in [0.3, 0.4) is 0 Å². The van der Waals surface area contributed by atoms with Gasteiger partial charge in [0, 0.05) is 15.1 Å². The first-order valence-corrected chi connectivity index (χ1v) is 12.5. The molecular formula is C27H37BrClNO2. The standard InChI is InChI=1S/C22H22BrClO2.C4H10.CH5N/c1-4-18(19-7-5-16(23)11-20(19)13(2)3)22(25)15-9-14-10-17(24)6-8-21(14)26-12-15;1-3-4-2;1-2/h4-8,10-11,13,15H,9,12H2,1-3H3;3-4H2,1-2H3;2H2,1H3/b18-4+;;. The molecule has 0 aliphatic carbocycles. The Balaban J connectivity index is 0.000000769. The van der Waals surface area contributed by atoms with Crippen molar-refractivity contribution in [3.8, 4) is 5.75 Å². The monoisotopic (exact) mass is 521 g/mol. The van der Waals surface area contributed by atoms with Crippen molar-refractivity contribution in [2.24, 2.45) is 11.7 Å². The Hall–Kier alpha value is -1.62. The van der Waals surface area contributed by atoms with Crippen molar-refractivity contribution in [3.05, 3.63) is 68.7 Å². The summed E-state index contributed by atoms with van der Waals surface area (Å²) in [4.78, 5) is 13.3. The van der Waals surface area contributed by atoms with E-state index >= 15 is 0 Å². The van der Waals surface area contributed by atoms with Gasteiger partial charge in [-0.1, -0.05) is 80.2 Å². The van der Waals surface area contributed by atoms with E-state index < -0.39 is 0 Å². The first kappa shape index (κ1) is 28.4. The van der Waals surface area contributed by atoms with Crippen LogP contribution in [0.1, 0.15) is 70.1 Å². The van der Waals surface area contributed by atoms with Gasteiger partial charge >= 0.3 is 0 Å². The number of nitrogens with two attached hydrogens (primary N) is 1. The minimum atomic E-state index is -0.198. The Morgan fingerprint density at radius 2 is 1.84 bits per heavy atom. The second-order valence-electron chi connectivity index (χ2n) is 7.92. The van der Waals surface area contributed by atoms with Crippen LogP contribution in [0.25, 0.3) is 5.57 Å². The highest BCUT2D eigenvalue weighted by Gasteiger charge is 2.29. The molecule has 0 aromatic heterocycles. The van der Waals surface area contributed by atoms with Crippen molar-refractivity contribution in [1.29, 1.82) is 0 Å². The van der Waals surface area contributed by atoms with Crippen molar-refractivity contribution < 1.29 is 9.53 Å². The van der Waals surface area contributed by atoms with E-state index in [1.807, 2.05) is 43.3 Å². The van der Waals surface area contributed by atoms with E-state index in [0.29, 0.717) is 24.0 Å². The van der Waals surface area contributed by atoms with Gasteiger partial charge in [0.1, 0.15) is 5.75 Å². The van der Waals surface area contributed by atoms with Crippen LogP contribution < -0.4 is 10.5 Å². The maximum Gasteiger partial charge on any atom is 0.169 e. The number of carbonyl (C=O) groups is 1. The number of ether oxygens (including phenoxy) is 1. The van der Waals surface area contributed by atoms with Gasteiger partial charge < -0.3 is 10.5 Å². The third-order valence-electron chi connectivity index (χ3n) is 5.28. The Kier molecular flexibility index (Phi) is 12.9. The van der Waals surface area contributed by atoms with Crippen molar-refractivity contribution in [2.75, 3.05) is 13.7 Å². The molecule has 0 saturated carbocycles. The van der Waals surface area contributed by atoms with Crippen LogP contribution in [-0.2, 0) is 11.2 Å². The van der Waals surface area contributed by atoms with E-state index in [4.69, 9.17) is 16.3 Å². The number of fused-ring (bicyclic) bond motifs is 1. The zero-order chi connectivity index (χ0) is 24.3. The SMILES string of the molecule is C/C=C(/C(=O)C1COc2ccc(Cl)cc2C1)c1ccc(Br)cc1C(C)C.CCCC.CN. The van der Waals surface area contributed by atoms with E-state index in [1.54, 1.807) is 0 Å². The highest BCUT2D eigenvalue weighted by atomic mass is 79.9. The highest BCUT2D eigenvalue weighted by Crippen LogP contribution is 2.35. The number of rotatable bonds is 5. The summed E-state index contributed by atoms with van der Waals surface area (Å²) in [6.07, 6.45) is 5.21. The Morgan fingerprint density at radius 3 is 2.41 bits per heavy atom. The molecule has 0 fully saturated rings. The third kappa shape index (κ3) is 7.75. The molecule has 1 aliphatic heterocycles. The molecule has 1 unspecified atom stereocenters. The summed E-state index contributed by atoms with van der Waals surface area (Å²) < 4.78 is 6.85. The maximum atomic E-state index is 13.3. The number of allylic oxidation sites excluding steroid dienone is 2. The molecule has 1 heterocycles. The second kappa shape index (κ2) is 14.5. The van der Waals surface area contributed by atoms with Crippen molar-refractivity contribution in [3.63, 3.8) is 0 Å². The molecule has 32 heavy (non-hydrogen) atoms. The average molecular weight is 523 g/mol. The predicted molar refractivity (Wildman–Crippen MR) is 142 cm³/mol. The summed E-state index contributed by atoms with van der Waals surface area (Å²) in [6, 6.07) is 11.7. The summed E-state index contributed by atoms with van der Waals surface area (Å²) in [5.74, 6) is 1.08. The number of halogens is 2. The fraction of sp³-hybridized carbons (Fsp3) is 0.444. The van der Waals surface area contributed by atoms with E-state index in [-0.39, 0.29) is 11.7 Å². The number of ketones is 1. The van der Waals surface area contributed by atoms with Crippen LogP contribution in [0.15, 0.2) is 46.9 Å². The van der Waals surface area contributed by atoms with Gasteiger partial charge in [-0.15, -0.1) is 0 Å². The van der Waals surface area contributed by atoms with E-state index in [2.05, 4.69) is 55.4 Å². The molecular weight excluding hydrogens is 486 g/mol. The van der Waals surface area contributed by atoms with Crippen LogP contribution >= 0.6 is 27.5 Å². The van der Waals surface area contributed by atoms with Gasteiger partial charge in [-0.2, -0.15) is 0 Å². The molecule has 2 N–H and O–H groups in total. The lowest BCUT2D eigenvalue weighted by Crippen LogP contribution is -2.29. The maximum absolute atomic E-state index is 13.3. The summed E-state index contributed by atoms with van der Waals surface area (Å²) in [5, 5.41) is 0.668. The van der Waals surface area contributed by atoms with E-state index in [9.17, 15) is 4.79 Å². The first-order chi connectivity index (χ1) is 15.3. The molecule has 0 saturated heterocycles. The topological polar surface area (TPSA) is 52.3 Å². The van der Waals surface area contributed by atoms with Gasteiger partial charge in [0.25, 0.3) is 0 Å². The minimum Gasteiger partial charge on any atom is -0.493 e. The second-order valence-corrected chi connectivity index (χ2v) is 9.27. The minimum absolute atomic E-state index is 0.127. The molecule has 0 amide bonds. The molecule has 5 heteroatoms. The average Bonchev–Trinajstić information content (AvgIpc) is 2.81. The van der Waals surface area contributed by atoms with E-state index in [0.717, 1.165) is 26.9 Å². The molecule has 3 rings (SSSR count). The lowest BCUT2D eigenvalue weighted by Gasteiger charge is -2.26. The summed E-state index contributed by atoms with van der Waals surface area (Å²) in [7, 11) is 1.50. The molecule has 176 valence electrons. The molecule has 2 aromatic carbocycles. The van der Waals surface area contributed by atoms with Crippen LogP contribution in [-0.4, -0.2) is 19.4 Å². The van der Waals surface area contributed by atoms with Gasteiger partial charge in [0.2, 0.25) is 0 Å². The third-order valence-corrected chi connectivity index (χ3v) is 6.01. The van der Waals surface area contributed by atoms with Crippen molar-refractivity contribution in [2.45, 2.75) is 59.8 Å². The molecule has 0 bridgehead atoms. The number of hydrogen-bond donors (Lipinski definition) is 1. The summed E-state index contributed by atoms with van der Waals surface area (Å²) in [5.41, 5.74) is 8.44. The number of unbranched alkanes of at least 4 members (excludes halogenated alkanes) is 1. The zero-order valence-electron chi connectivity index (χ0n) is 20.2. The number of benzene rings is 2. The van der Waals surface area contributed by atoms with Gasteiger partial charge in [-0.3, -0.25) is 4.79 Å². The molecule has 1 atom stereocenters. The quantitative estimate of drug-likeness (QED) is 0.407. The van der Waals surface area contributed by atoms with Gasteiger partial charge in [-0.05, 0) is 73.3 Å². The Morgan fingerprint density at radius 1 is 1.19 bits per heavy atom. The van der Waals surface area contributed by atoms with Gasteiger partial charge in [0.05, 0.1) is 12.5 Å². The van der Waals surface area contributed by atoms with E-state index in [1.165, 1.54) is 25.5 Å². The predicted octanol–water partition coefficient (Wildman–Crippen LogP) is 7.83. The number of carbonyl (C=O) groups excluding carboxylic acids is 1. The van der Waals surface area contributed by atoms with Gasteiger partial charge in [-0.25, -0.2) is 0 Å². The fourth-order valence-electron chi connectivity index (χ4n) is 3.44. The normalized spacial score (nSPS) is 14.9. The lowest BCUT2D eigenvalue weighted by atomic mass is 9.84. The number of hydrogen-bond acceptors (Lipinski definition) is 3. The molecule has 2 aromatic rings. The molecule has 0 radical (unpaired) electrons. The van der Waals surface area contributed by atoms with Gasteiger partial charge in [0.15, 0.2) is 5.78 Å². The smallest absolute Gasteiger partial charge is 0.169 e. The van der Waals surface area contributed by atoms with Crippen LogP contribution in [0.5, 0.6) is 5.75 Å². The van der Waals surface area contributed by atoms with Crippen LogP contribution in [0, 0.1) is 5.92 Å². The van der Waals surface area contributed by atoms with Crippen molar-refractivity contribution in [1.82, 2.24) is 0 Å². The highest BCUT2D eigenvalue weighted by molar-refractivity contribution is 9.10. The Labute approximate surface area is 207 Å². The Bertz CT molecular complexity index is 907. The molecule has 0 spiro atoms. The zero-order valence-corrected chi connectivity index (χ0v) is 22.5. The molecule has 3 nitrogen and oxygen atoms in total. The summed E-state index contributed by atoms with van der Waals surface area (Å²) in [6.45, 7) is 11.0. The molecule has 1 aliphatic rings. The number of Topliss-reactive ketones (excluding diaryl/α,β-unsaturated/α-hetero) is 1. The summed E-state index contributed by atoms with van der Waals surface area (Å²) >= 11 is 9.64. The van der Waals surface area contributed by atoms with Crippen molar-refractivity contribution >= 4 is 38.9 Å². The lowest BCUT2D eigenvalue weighted by molar-refractivity contribution is -0.118. The van der Waals surface area contributed by atoms with Crippen LogP contribution in [0.2, 0.25) is 5.02 Å². The fourth-order valence-corrected chi connectivity index (χ4v) is 4.01. The van der Waals surface area contributed by atoms with Crippen LogP contribution in [0.4, 0.5) is 0 Å².